The first kappa shape index (κ1) is 17.2. The van der Waals surface area contributed by atoms with Crippen molar-refractivity contribution in [1.29, 1.82) is 0 Å². The van der Waals surface area contributed by atoms with E-state index in [1.807, 2.05) is 12.1 Å². The highest BCUT2D eigenvalue weighted by Crippen LogP contribution is 2.74. The number of aryl methyl sites for hydroxylation is 1. The zero-order valence-electron chi connectivity index (χ0n) is 16.4. The second-order valence-electron chi connectivity index (χ2n) is 9.08. The third-order valence-electron chi connectivity index (χ3n) is 7.91. The first-order valence-electron chi connectivity index (χ1n) is 10.3. The number of ketones is 1. The van der Waals surface area contributed by atoms with Gasteiger partial charge in [0.05, 0.1) is 5.41 Å². The molecule has 1 spiro atoms. The van der Waals surface area contributed by atoms with Crippen LogP contribution in [0.5, 0.6) is 11.5 Å². The van der Waals surface area contributed by atoms with Gasteiger partial charge in [0.1, 0.15) is 5.60 Å². The molecule has 0 aromatic heterocycles. The number of hydrogen-bond acceptors (Lipinski definition) is 6. The van der Waals surface area contributed by atoms with E-state index in [0.717, 1.165) is 36.8 Å². The Labute approximate surface area is 168 Å². The maximum absolute atomic E-state index is 13.1. The summed E-state index contributed by atoms with van der Waals surface area (Å²) >= 11 is 0. The lowest BCUT2D eigenvalue weighted by molar-refractivity contribution is -0.176. The van der Waals surface area contributed by atoms with Crippen molar-refractivity contribution in [1.82, 2.24) is 0 Å². The van der Waals surface area contributed by atoms with Crippen LogP contribution in [0.1, 0.15) is 44.2 Å². The van der Waals surface area contributed by atoms with Crippen molar-refractivity contribution in [2.45, 2.75) is 56.7 Å². The maximum atomic E-state index is 13.1. The molecule has 6 heteroatoms. The van der Waals surface area contributed by atoms with Crippen molar-refractivity contribution in [3.8, 4) is 11.5 Å². The fourth-order valence-corrected chi connectivity index (χ4v) is 7.35. The Hall–Kier alpha value is -2.63. The van der Waals surface area contributed by atoms with Crippen LogP contribution in [0, 0.1) is 17.8 Å². The van der Waals surface area contributed by atoms with Crippen molar-refractivity contribution in [2.24, 2.45) is 17.8 Å². The topological polar surface area (TPSA) is 78.9 Å². The van der Waals surface area contributed by atoms with Gasteiger partial charge in [0.25, 0.3) is 0 Å². The van der Waals surface area contributed by atoms with E-state index in [4.69, 9.17) is 14.2 Å². The van der Waals surface area contributed by atoms with E-state index < -0.39 is 23.1 Å². The molecule has 0 amide bonds. The average molecular weight is 394 g/mol. The van der Waals surface area contributed by atoms with Gasteiger partial charge in [0.2, 0.25) is 0 Å². The zero-order valence-corrected chi connectivity index (χ0v) is 16.4. The number of rotatable bonds is 2. The summed E-state index contributed by atoms with van der Waals surface area (Å²) in [4.78, 5) is 37.0. The molecule has 5 aliphatic rings. The molecule has 1 heterocycles. The summed E-state index contributed by atoms with van der Waals surface area (Å²) in [5, 5.41) is 0. The number of hydrogen-bond donors (Lipinski definition) is 0. The van der Waals surface area contributed by atoms with Crippen LogP contribution in [0.2, 0.25) is 0 Å². The minimum Gasteiger partial charge on any atom is -0.477 e. The van der Waals surface area contributed by atoms with Crippen LogP contribution in [-0.2, 0) is 31.0 Å². The standard InChI is InChI=1S/C23H22O6/c1-11(24)27-18-6-5-13-3-4-14-9-15-10-16(14)23-19(13)20(18)28-21(23)17(26)7-8-22(15,23)29-12(2)25/h5-8,14-16,21H,3-4,9-10H2,1-2H3/t14?,15-,16?,21+,22-,23?/m1/s1. The minimum atomic E-state index is -0.891. The molecule has 150 valence electrons. The highest BCUT2D eigenvalue weighted by atomic mass is 16.6. The largest absolute Gasteiger partial charge is 0.477 e. The number of carbonyl (C=O) groups is 3. The maximum Gasteiger partial charge on any atom is 0.308 e. The molecule has 6 atom stereocenters. The van der Waals surface area contributed by atoms with Crippen molar-refractivity contribution in [3.05, 3.63) is 35.4 Å². The van der Waals surface area contributed by atoms with Gasteiger partial charge >= 0.3 is 11.9 Å². The molecule has 29 heavy (non-hydrogen) atoms. The normalized spacial score (nSPS) is 39.6. The second kappa shape index (κ2) is 5.29. The lowest BCUT2D eigenvalue weighted by atomic mass is 9.52. The Morgan fingerprint density at radius 1 is 1.17 bits per heavy atom. The van der Waals surface area contributed by atoms with Crippen LogP contribution in [0.15, 0.2) is 24.3 Å². The minimum absolute atomic E-state index is 0.114. The second-order valence-corrected chi connectivity index (χ2v) is 9.08. The molecule has 2 bridgehead atoms. The van der Waals surface area contributed by atoms with Gasteiger partial charge in [-0.15, -0.1) is 0 Å². The fourth-order valence-electron chi connectivity index (χ4n) is 7.35. The molecule has 0 radical (unpaired) electrons. The fraction of sp³-hybridized carbons (Fsp3) is 0.522. The highest BCUT2D eigenvalue weighted by molar-refractivity contribution is 5.99. The summed E-state index contributed by atoms with van der Waals surface area (Å²) in [5.74, 6) is 0.729. The van der Waals surface area contributed by atoms with Crippen molar-refractivity contribution < 1.29 is 28.6 Å². The van der Waals surface area contributed by atoms with Gasteiger partial charge in [-0.05, 0) is 61.3 Å². The van der Waals surface area contributed by atoms with Crippen molar-refractivity contribution >= 4 is 17.7 Å². The number of carbonyl (C=O) groups excluding carboxylic acids is 3. The molecule has 1 aromatic rings. The van der Waals surface area contributed by atoms with Gasteiger partial charge in [0.15, 0.2) is 23.4 Å². The van der Waals surface area contributed by atoms with Gasteiger partial charge in [-0.1, -0.05) is 6.07 Å². The number of fused-ring (bicyclic) bond motifs is 2. The Bertz CT molecular complexity index is 1020. The summed E-state index contributed by atoms with van der Waals surface area (Å²) in [6.07, 6.45) is 6.42. The molecule has 1 aromatic carbocycles. The van der Waals surface area contributed by atoms with E-state index in [0.29, 0.717) is 17.4 Å². The van der Waals surface area contributed by atoms with E-state index in [1.54, 1.807) is 6.07 Å². The Morgan fingerprint density at radius 3 is 2.76 bits per heavy atom. The molecule has 1 aliphatic heterocycles. The molecule has 6 nitrogen and oxygen atoms in total. The van der Waals surface area contributed by atoms with Crippen LogP contribution in [0.4, 0.5) is 0 Å². The summed E-state index contributed by atoms with van der Waals surface area (Å²) in [6.45, 7) is 2.78. The number of esters is 2. The number of ether oxygens (including phenoxy) is 3. The summed E-state index contributed by atoms with van der Waals surface area (Å²) in [5.41, 5.74) is 0.399. The van der Waals surface area contributed by atoms with Crippen molar-refractivity contribution in [2.75, 3.05) is 0 Å². The van der Waals surface area contributed by atoms with Gasteiger partial charge in [-0.3, -0.25) is 14.4 Å². The third kappa shape index (κ3) is 1.82. The summed E-state index contributed by atoms with van der Waals surface area (Å²) < 4.78 is 17.9. The highest BCUT2D eigenvalue weighted by Gasteiger charge is 2.80. The first-order valence-corrected chi connectivity index (χ1v) is 10.3. The molecular formula is C23H22O6. The van der Waals surface area contributed by atoms with Crippen LogP contribution in [0.3, 0.4) is 0 Å². The van der Waals surface area contributed by atoms with Crippen LogP contribution in [-0.4, -0.2) is 29.4 Å². The Kier molecular flexibility index (Phi) is 3.15. The van der Waals surface area contributed by atoms with E-state index >= 15 is 0 Å². The van der Waals surface area contributed by atoms with Gasteiger partial charge in [-0.25, -0.2) is 0 Å². The lowest BCUT2D eigenvalue weighted by Crippen LogP contribution is -2.66. The Morgan fingerprint density at radius 2 is 2.00 bits per heavy atom. The van der Waals surface area contributed by atoms with Crippen LogP contribution >= 0.6 is 0 Å². The lowest BCUT2D eigenvalue weighted by Gasteiger charge is -2.53. The van der Waals surface area contributed by atoms with Crippen LogP contribution < -0.4 is 9.47 Å². The predicted molar refractivity (Wildman–Crippen MR) is 101 cm³/mol. The van der Waals surface area contributed by atoms with Gasteiger partial charge in [-0.2, -0.15) is 0 Å². The molecule has 2 saturated carbocycles. The summed E-state index contributed by atoms with van der Waals surface area (Å²) in [6, 6.07) is 3.74. The smallest absolute Gasteiger partial charge is 0.308 e. The molecular weight excluding hydrogens is 372 g/mol. The summed E-state index contributed by atoms with van der Waals surface area (Å²) in [7, 11) is 0. The average Bonchev–Trinajstić information content (AvgIpc) is 3.29. The van der Waals surface area contributed by atoms with E-state index in [1.165, 1.54) is 19.9 Å². The zero-order chi connectivity index (χ0) is 20.1. The quantitative estimate of drug-likeness (QED) is 0.567. The van der Waals surface area contributed by atoms with Crippen molar-refractivity contribution in [3.63, 3.8) is 0 Å². The Balaban J connectivity index is 1.69. The molecule has 4 aliphatic carbocycles. The van der Waals surface area contributed by atoms with E-state index in [2.05, 4.69) is 0 Å². The molecule has 2 fully saturated rings. The monoisotopic (exact) mass is 394 g/mol. The molecule has 6 rings (SSSR count). The van der Waals surface area contributed by atoms with E-state index in [-0.39, 0.29) is 23.6 Å². The first-order chi connectivity index (χ1) is 13.9. The van der Waals surface area contributed by atoms with Gasteiger partial charge < -0.3 is 14.2 Å². The number of benzene rings is 1. The molecule has 0 saturated heterocycles. The van der Waals surface area contributed by atoms with E-state index in [9.17, 15) is 14.4 Å². The van der Waals surface area contributed by atoms with Gasteiger partial charge in [0, 0.05) is 25.3 Å². The van der Waals surface area contributed by atoms with Crippen LogP contribution in [0.25, 0.3) is 0 Å². The predicted octanol–water partition coefficient (Wildman–Crippen LogP) is 2.65. The SMILES string of the molecule is CC(=O)Oc1ccc2c3c1O[C@H]1C(=O)C=C[C@@]4(OC(C)=O)[C@@H]5CC(CC2)C(C5)C314. The molecule has 0 N–H and O–H groups in total. The third-order valence-corrected chi connectivity index (χ3v) is 7.91. The molecule has 3 unspecified atom stereocenters.